The molecule has 0 spiro atoms. The van der Waals surface area contributed by atoms with Crippen molar-refractivity contribution in [2.45, 2.75) is 33.7 Å². The molecule has 17 heavy (non-hydrogen) atoms. The highest BCUT2D eigenvalue weighted by Gasteiger charge is 2.15. The molecule has 0 saturated heterocycles. The van der Waals surface area contributed by atoms with Gasteiger partial charge in [0, 0.05) is 11.7 Å². The fraction of sp³-hybridized carbons (Fsp3) is 0.385. The molecule has 0 heterocycles. The van der Waals surface area contributed by atoms with Gasteiger partial charge in [0.2, 0.25) is 0 Å². The van der Waals surface area contributed by atoms with Crippen LogP contribution in [0.1, 0.15) is 25.0 Å². The van der Waals surface area contributed by atoms with Crippen LogP contribution < -0.4 is 10.6 Å². The van der Waals surface area contributed by atoms with Crippen molar-refractivity contribution < 1.29 is 9.59 Å². The molecular weight excluding hydrogens is 216 g/mol. The average Bonchev–Trinajstić information content (AvgIpc) is 2.23. The van der Waals surface area contributed by atoms with E-state index in [1.54, 1.807) is 6.07 Å². The highest BCUT2D eigenvalue weighted by Crippen LogP contribution is 2.17. The third-order valence-corrected chi connectivity index (χ3v) is 2.48. The van der Waals surface area contributed by atoms with Crippen LogP contribution in [0, 0.1) is 13.8 Å². The van der Waals surface area contributed by atoms with Crippen molar-refractivity contribution in [3.8, 4) is 0 Å². The number of amides is 2. The highest BCUT2D eigenvalue weighted by molar-refractivity contribution is 6.39. The Hall–Kier alpha value is -1.84. The second-order valence-electron chi connectivity index (χ2n) is 4.33. The quantitative estimate of drug-likeness (QED) is 0.766. The Balaban J connectivity index is 2.75. The molecule has 4 heteroatoms. The summed E-state index contributed by atoms with van der Waals surface area (Å²) >= 11 is 0. The smallest absolute Gasteiger partial charge is 0.313 e. The zero-order valence-corrected chi connectivity index (χ0v) is 10.6. The van der Waals surface area contributed by atoms with Gasteiger partial charge in [0.1, 0.15) is 0 Å². The molecule has 2 amide bonds. The molecule has 2 N–H and O–H groups in total. The van der Waals surface area contributed by atoms with E-state index in [1.165, 1.54) is 0 Å². The third-order valence-electron chi connectivity index (χ3n) is 2.48. The summed E-state index contributed by atoms with van der Waals surface area (Å²) in [5.74, 6) is -1.24. The predicted octanol–water partition coefficient (Wildman–Crippen LogP) is 1.77. The van der Waals surface area contributed by atoms with Crippen LogP contribution in [0.3, 0.4) is 0 Å². The van der Waals surface area contributed by atoms with Gasteiger partial charge in [0.15, 0.2) is 0 Å². The topological polar surface area (TPSA) is 58.2 Å². The van der Waals surface area contributed by atoms with Gasteiger partial charge >= 0.3 is 11.8 Å². The lowest BCUT2D eigenvalue weighted by atomic mass is 10.1. The van der Waals surface area contributed by atoms with E-state index in [2.05, 4.69) is 10.6 Å². The number of rotatable bonds is 2. The van der Waals surface area contributed by atoms with Crippen molar-refractivity contribution in [2.75, 3.05) is 5.32 Å². The second kappa shape index (κ2) is 5.48. The summed E-state index contributed by atoms with van der Waals surface area (Å²) in [7, 11) is 0. The van der Waals surface area contributed by atoms with Crippen molar-refractivity contribution >= 4 is 17.5 Å². The maximum Gasteiger partial charge on any atom is 0.313 e. The van der Waals surface area contributed by atoms with Gasteiger partial charge in [0.25, 0.3) is 0 Å². The first kappa shape index (κ1) is 13.2. The summed E-state index contributed by atoms with van der Waals surface area (Å²) in [6.45, 7) is 7.48. The number of nitrogens with one attached hydrogen (secondary N) is 2. The maximum absolute atomic E-state index is 11.6. The minimum Gasteiger partial charge on any atom is -0.346 e. The van der Waals surface area contributed by atoms with Crippen molar-refractivity contribution in [3.63, 3.8) is 0 Å². The number of carbonyl (C=O) groups is 2. The fourth-order valence-corrected chi connectivity index (χ4v) is 1.39. The Labute approximate surface area is 101 Å². The van der Waals surface area contributed by atoms with E-state index in [1.807, 2.05) is 39.8 Å². The lowest BCUT2D eigenvalue weighted by molar-refractivity contribution is -0.136. The number of carbonyl (C=O) groups excluding carboxylic acids is 2. The SMILES string of the molecule is Cc1cccc(NC(=O)C(=O)NC(C)C)c1C. The van der Waals surface area contributed by atoms with E-state index >= 15 is 0 Å². The average molecular weight is 234 g/mol. The van der Waals surface area contributed by atoms with Crippen molar-refractivity contribution in [1.82, 2.24) is 5.32 Å². The van der Waals surface area contributed by atoms with Gasteiger partial charge in [-0.05, 0) is 44.9 Å². The number of benzene rings is 1. The van der Waals surface area contributed by atoms with Crippen LogP contribution in [0.15, 0.2) is 18.2 Å². The van der Waals surface area contributed by atoms with Crippen LogP contribution in [-0.2, 0) is 9.59 Å². The van der Waals surface area contributed by atoms with Gasteiger partial charge in [-0.15, -0.1) is 0 Å². The Morgan fingerprint density at radius 2 is 1.76 bits per heavy atom. The summed E-state index contributed by atoms with van der Waals surface area (Å²) in [6.07, 6.45) is 0. The van der Waals surface area contributed by atoms with Crippen LogP contribution in [-0.4, -0.2) is 17.9 Å². The van der Waals surface area contributed by atoms with E-state index in [9.17, 15) is 9.59 Å². The van der Waals surface area contributed by atoms with Crippen molar-refractivity contribution in [3.05, 3.63) is 29.3 Å². The molecule has 0 atom stereocenters. The van der Waals surface area contributed by atoms with Crippen LogP contribution in [0.2, 0.25) is 0 Å². The highest BCUT2D eigenvalue weighted by atomic mass is 16.2. The lowest BCUT2D eigenvalue weighted by Crippen LogP contribution is -2.39. The summed E-state index contributed by atoms with van der Waals surface area (Å²) in [4.78, 5) is 23.0. The number of hydrogen-bond donors (Lipinski definition) is 2. The molecule has 0 fully saturated rings. The van der Waals surface area contributed by atoms with Crippen LogP contribution in [0.25, 0.3) is 0 Å². The van der Waals surface area contributed by atoms with Gasteiger partial charge in [0.05, 0.1) is 0 Å². The molecule has 0 aliphatic rings. The predicted molar refractivity (Wildman–Crippen MR) is 67.8 cm³/mol. The van der Waals surface area contributed by atoms with Crippen molar-refractivity contribution in [2.24, 2.45) is 0 Å². The first-order valence-corrected chi connectivity index (χ1v) is 5.60. The molecule has 92 valence electrons. The largest absolute Gasteiger partial charge is 0.346 e. The molecule has 0 aliphatic carbocycles. The molecule has 1 aromatic carbocycles. The summed E-state index contributed by atoms with van der Waals surface area (Å²) in [5, 5.41) is 5.15. The molecule has 0 aromatic heterocycles. The van der Waals surface area contributed by atoms with Crippen molar-refractivity contribution in [1.29, 1.82) is 0 Å². The molecule has 1 aromatic rings. The minimum absolute atomic E-state index is 0.0492. The van der Waals surface area contributed by atoms with Crippen LogP contribution in [0.4, 0.5) is 5.69 Å². The lowest BCUT2D eigenvalue weighted by Gasteiger charge is -2.11. The second-order valence-corrected chi connectivity index (χ2v) is 4.33. The molecule has 0 unspecified atom stereocenters. The first-order valence-electron chi connectivity index (χ1n) is 5.60. The van der Waals surface area contributed by atoms with Gasteiger partial charge in [-0.3, -0.25) is 9.59 Å². The van der Waals surface area contributed by atoms with E-state index in [4.69, 9.17) is 0 Å². The molecule has 0 radical (unpaired) electrons. The third kappa shape index (κ3) is 3.59. The van der Waals surface area contributed by atoms with E-state index in [0.717, 1.165) is 11.1 Å². The maximum atomic E-state index is 11.6. The fourth-order valence-electron chi connectivity index (χ4n) is 1.39. The molecule has 4 nitrogen and oxygen atoms in total. The van der Waals surface area contributed by atoms with Crippen LogP contribution in [0.5, 0.6) is 0 Å². The Kier molecular flexibility index (Phi) is 4.26. The molecular formula is C13H18N2O2. The monoisotopic (exact) mass is 234 g/mol. The molecule has 0 bridgehead atoms. The van der Waals surface area contributed by atoms with Gasteiger partial charge < -0.3 is 10.6 Å². The Morgan fingerprint density at radius 3 is 2.35 bits per heavy atom. The normalized spacial score (nSPS) is 10.2. The zero-order valence-electron chi connectivity index (χ0n) is 10.6. The summed E-state index contributed by atoms with van der Waals surface area (Å²) in [6, 6.07) is 5.53. The Morgan fingerprint density at radius 1 is 1.12 bits per heavy atom. The molecule has 0 aliphatic heterocycles. The van der Waals surface area contributed by atoms with E-state index in [-0.39, 0.29) is 6.04 Å². The van der Waals surface area contributed by atoms with Gasteiger partial charge in [-0.25, -0.2) is 0 Å². The van der Waals surface area contributed by atoms with Gasteiger partial charge in [-0.2, -0.15) is 0 Å². The van der Waals surface area contributed by atoms with Crippen LogP contribution >= 0.6 is 0 Å². The minimum atomic E-state index is -0.632. The standard InChI is InChI=1S/C13H18N2O2/c1-8(2)14-12(16)13(17)15-11-7-5-6-9(3)10(11)4/h5-8H,1-4H3,(H,14,16)(H,15,17). The number of anilines is 1. The summed E-state index contributed by atoms with van der Waals surface area (Å²) in [5.41, 5.74) is 2.72. The Bertz CT molecular complexity index is 439. The van der Waals surface area contributed by atoms with Gasteiger partial charge in [-0.1, -0.05) is 12.1 Å². The number of hydrogen-bond acceptors (Lipinski definition) is 2. The molecule has 0 saturated carbocycles. The number of aryl methyl sites for hydroxylation is 1. The zero-order chi connectivity index (χ0) is 13.0. The van der Waals surface area contributed by atoms with E-state index in [0.29, 0.717) is 5.69 Å². The first-order chi connectivity index (χ1) is 7.91. The van der Waals surface area contributed by atoms with E-state index < -0.39 is 11.8 Å². The molecule has 1 rings (SSSR count). The summed E-state index contributed by atoms with van der Waals surface area (Å²) < 4.78 is 0.